The second kappa shape index (κ2) is 3.87. The Morgan fingerprint density at radius 3 is 2.92 bits per heavy atom. The lowest BCUT2D eigenvalue weighted by atomic mass is 9.98. The van der Waals surface area contributed by atoms with E-state index >= 15 is 0 Å². The molecule has 2 aliphatic rings. The molecule has 1 heterocycles. The molecule has 1 unspecified atom stereocenters. The Hall–Kier alpha value is -0.900. The second-order valence-corrected chi connectivity index (χ2v) is 3.57. The van der Waals surface area contributed by atoms with Crippen molar-refractivity contribution >= 4 is 11.6 Å². The molecule has 0 bridgehead atoms. The van der Waals surface area contributed by atoms with Crippen molar-refractivity contribution < 1.29 is 9.53 Å². The number of nitrogens with zero attached hydrogens (tertiary/aromatic N) is 1. The molecule has 0 spiro atoms. The van der Waals surface area contributed by atoms with Crippen molar-refractivity contribution in [2.75, 3.05) is 13.2 Å². The summed E-state index contributed by atoms with van der Waals surface area (Å²) in [6.45, 7) is 1.26. The van der Waals surface area contributed by atoms with Gasteiger partial charge >= 0.3 is 0 Å². The van der Waals surface area contributed by atoms with Gasteiger partial charge in [-0.15, -0.1) is 0 Å². The molecule has 2 fully saturated rings. The summed E-state index contributed by atoms with van der Waals surface area (Å²) in [5, 5.41) is 4.04. The topological polar surface area (TPSA) is 50.7 Å². The zero-order valence-electron chi connectivity index (χ0n) is 7.58. The van der Waals surface area contributed by atoms with E-state index in [1.54, 1.807) is 0 Å². The van der Waals surface area contributed by atoms with Gasteiger partial charge in [0.05, 0.1) is 12.5 Å². The van der Waals surface area contributed by atoms with Gasteiger partial charge in [0.1, 0.15) is 0 Å². The Labute approximate surface area is 77.3 Å². The number of ether oxygens (including phenoxy) is 1. The third-order valence-corrected chi connectivity index (χ3v) is 2.56. The van der Waals surface area contributed by atoms with Gasteiger partial charge in [0, 0.05) is 12.3 Å². The second-order valence-electron chi connectivity index (χ2n) is 3.57. The highest BCUT2D eigenvalue weighted by Crippen LogP contribution is 2.15. The van der Waals surface area contributed by atoms with Crippen molar-refractivity contribution in [3.63, 3.8) is 0 Å². The first-order chi connectivity index (χ1) is 6.36. The monoisotopic (exact) mass is 182 g/mol. The molecule has 1 N–H and O–H groups in total. The number of carbonyl (C=O) groups excluding carboxylic acids is 1. The van der Waals surface area contributed by atoms with E-state index in [4.69, 9.17) is 4.74 Å². The van der Waals surface area contributed by atoms with Crippen LogP contribution in [-0.4, -0.2) is 24.8 Å². The first-order valence-electron chi connectivity index (χ1n) is 4.79. The van der Waals surface area contributed by atoms with Crippen molar-refractivity contribution in [3.05, 3.63) is 0 Å². The van der Waals surface area contributed by atoms with Crippen LogP contribution in [0, 0.1) is 5.92 Å². The minimum absolute atomic E-state index is 0.0110. The van der Waals surface area contributed by atoms with E-state index in [-0.39, 0.29) is 11.8 Å². The predicted octanol–water partition coefficient (Wildman–Crippen LogP) is 0.679. The highest BCUT2D eigenvalue weighted by Gasteiger charge is 2.23. The van der Waals surface area contributed by atoms with Crippen LogP contribution in [0.15, 0.2) is 5.10 Å². The number of hydrogen-bond acceptors (Lipinski definition) is 3. The van der Waals surface area contributed by atoms with Gasteiger partial charge in [-0.05, 0) is 25.7 Å². The fourth-order valence-electron chi connectivity index (χ4n) is 1.41. The number of nitrogens with one attached hydrogen (secondary N) is 1. The lowest BCUT2D eigenvalue weighted by molar-refractivity contribution is -0.124. The molecule has 13 heavy (non-hydrogen) atoms. The smallest absolute Gasteiger partial charge is 0.245 e. The van der Waals surface area contributed by atoms with Crippen LogP contribution in [0.1, 0.15) is 25.7 Å². The fourth-order valence-corrected chi connectivity index (χ4v) is 1.41. The zero-order chi connectivity index (χ0) is 9.10. The quantitative estimate of drug-likeness (QED) is 0.638. The van der Waals surface area contributed by atoms with E-state index in [0.29, 0.717) is 13.2 Å². The highest BCUT2D eigenvalue weighted by atomic mass is 16.5. The average molecular weight is 182 g/mol. The van der Waals surface area contributed by atoms with Gasteiger partial charge in [0.15, 0.2) is 0 Å². The van der Waals surface area contributed by atoms with E-state index in [2.05, 4.69) is 10.5 Å². The minimum atomic E-state index is 0.0110. The van der Waals surface area contributed by atoms with Crippen LogP contribution < -0.4 is 5.43 Å². The minimum Gasteiger partial charge on any atom is -0.381 e. The lowest BCUT2D eigenvalue weighted by Crippen LogP contribution is -2.29. The van der Waals surface area contributed by atoms with Gasteiger partial charge < -0.3 is 4.74 Å². The molecule has 2 rings (SSSR count). The van der Waals surface area contributed by atoms with Gasteiger partial charge in [-0.3, -0.25) is 4.79 Å². The Morgan fingerprint density at radius 1 is 1.54 bits per heavy atom. The Bertz CT molecular complexity index is 226. The predicted molar refractivity (Wildman–Crippen MR) is 48.4 cm³/mol. The van der Waals surface area contributed by atoms with Gasteiger partial charge in [-0.25, -0.2) is 5.43 Å². The lowest BCUT2D eigenvalue weighted by Gasteiger charge is -2.14. The standard InChI is InChI=1S/C9H14N2O2/c12-9(7-4-5-13-6-7)11-10-8-2-1-3-8/h7H,1-6H2,(H,11,12). The first-order valence-corrected chi connectivity index (χ1v) is 4.79. The maximum atomic E-state index is 11.4. The Morgan fingerprint density at radius 2 is 2.38 bits per heavy atom. The Balaban J connectivity index is 1.77. The van der Waals surface area contributed by atoms with Crippen LogP contribution in [0.2, 0.25) is 0 Å². The number of carbonyl (C=O) groups is 1. The molecule has 4 nitrogen and oxygen atoms in total. The molecule has 1 amide bonds. The summed E-state index contributed by atoms with van der Waals surface area (Å²) in [4.78, 5) is 11.4. The van der Waals surface area contributed by atoms with Gasteiger partial charge in [0.2, 0.25) is 5.91 Å². The van der Waals surface area contributed by atoms with E-state index < -0.39 is 0 Å². The van der Waals surface area contributed by atoms with Crippen LogP contribution in [0.3, 0.4) is 0 Å². The van der Waals surface area contributed by atoms with Crippen molar-refractivity contribution in [1.82, 2.24) is 5.43 Å². The van der Waals surface area contributed by atoms with Crippen LogP contribution in [0.5, 0.6) is 0 Å². The summed E-state index contributed by atoms with van der Waals surface area (Å²) < 4.78 is 5.12. The maximum Gasteiger partial charge on any atom is 0.245 e. The summed E-state index contributed by atoms with van der Waals surface area (Å²) in [5.74, 6) is 0.0290. The van der Waals surface area contributed by atoms with Gasteiger partial charge in [-0.1, -0.05) is 0 Å². The van der Waals surface area contributed by atoms with Crippen molar-refractivity contribution in [2.45, 2.75) is 25.7 Å². The van der Waals surface area contributed by atoms with Crippen LogP contribution in [-0.2, 0) is 9.53 Å². The number of amides is 1. The molecule has 4 heteroatoms. The molecule has 1 saturated carbocycles. The number of rotatable bonds is 2. The number of hydrazone groups is 1. The third kappa shape index (κ3) is 2.06. The van der Waals surface area contributed by atoms with Crippen LogP contribution in [0.4, 0.5) is 0 Å². The van der Waals surface area contributed by atoms with E-state index in [0.717, 1.165) is 25.0 Å². The molecule has 0 radical (unpaired) electrons. The summed E-state index contributed by atoms with van der Waals surface area (Å²) in [6.07, 6.45) is 4.13. The summed E-state index contributed by atoms with van der Waals surface area (Å²) in [5.41, 5.74) is 3.71. The largest absolute Gasteiger partial charge is 0.381 e. The molecular formula is C9H14N2O2. The van der Waals surface area contributed by atoms with Gasteiger partial charge in [0.25, 0.3) is 0 Å². The fraction of sp³-hybridized carbons (Fsp3) is 0.778. The zero-order valence-corrected chi connectivity index (χ0v) is 7.58. The van der Waals surface area contributed by atoms with E-state index in [9.17, 15) is 4.79 Å². The summed E-state index contributed by atoms with van der Waals surface area (Å²) >= 11 is 0. The normalized spacial score (nSPS) is 26.8. The highest BCUT2D eigenvalue weighted by molar-refractivity contribution is 5.90. The first kappa shape index (κ1) is 8.69. The summed E-state index contributed by atoms with van der Waals surface area (Å²) in [6, 6.07) is 0. The maximum absolute atomic E-state index is 11.4. The molecule has 1 atom stereocenters. The molecule has 0 aromatic heterocycles. The molecule has 1 aliphatic heterocycles. The van der Waals surface area contributed by atoms with Crippen molar-refractivity contribution in [1.29, 1.82) is 0 Å². The molecule has 1 saturated heterocycles. The third-order valence-electron chi connectivity index (χ3n) is 2.56. The molecule has 1 aliphatic carbocycles. The molecule has 0 aromatic rings. The van der Waals surface area contributed by atoms with E-state index in [1.165, 1.54) is 6.42 Å². The molecule has 0 aromatic carbocycles. The van der Waals surface area contributed by atoms with Gasteiger partial charge in [-0.2, -0.15) is 5.10 Å². The van der Waals surface area contributed by atoms with Crippen molar-refractivity contribution in [3.8, 4) is 0 Å². The Kier molecular flexibility index (Phi) is 2.59. The van der Waals surface area contributed by atoms with Crippen LogP contribution >= 0.6 is 0 Å². The van der Waals surface area contributed by atoms with Crippen molar-refractivity contribution in [2.24, 2.45) is 11.0 Å². The van der Waals surface area contributed by atoms with E-state index in [1.807, 2.05) is 0 Å². The number of hydrogen-bond donors (Lipinski definition) is 1. The average Bonchev–Trinajstić information content (AvgIpc) is 2.52. The SMILES string of the molecule is O=C(NN=C1CCC1)C1CCOC1. The summed E-state index contributed by atoms with van der Waals surface area (Å²) in [7, 11) is 0. The van der Waals surface area contributed by atoms with Crippen LogP contribution in [0.25, 0.3) is 0 Å². The molecule has 72 valence electrons. The molecular weight excluding hydrogens is 168 g/mol.